The van der Waals surface area contributed by atoms with Crippen LogP contribution in [0.15, 0.2) is 0 Å². The van der Waals surface area contributed by atoms with Crippen molar-refractivity contribution in [2.75, 3.05) is 13.2 Å². The fraction of sp³-hybridized carbons (Fsp3) is 0.737. The Balaban J connectivity index is 2.33. The van der Waals surface area contributed by atoms with Gasteiger partial charge >= 0.3 is 5.97 Å². The van der Waals surface area contributed by atoms with Crippen molar-refractivity contribution < 1.29 is 14.3 Å². The summed E-state index contributed by atoms with van der Waals surface area (Å²) < 4.78 is 7.12. The third-order valence-corrected chi connectivity index (χ3v) is 4.45. The van der Waals surface area contributed by atoms with E-state index in [1.54, 1.807) is 6.92 Å². The van der Waals surface area contributed by atoms with Crippen molar-refractivity contribution in [3.63, 3.8) is 0 Å². The molecule has 0 aromatic carbocycles. The van der Waals surface area contributed by atoms with Gasteiger partial charge in [-0.05, 0) is 19.3 Å². The molecule has 25 heavy (non-hydrogen) atoms. The summed E-state index contributed by atoms with van der Waals surface area (Å²) in [5.74, 6) is 0.267. The van der Waals surface area contributed by atoms with E-state index in [1.165, 1.54) is 0 Å². The number of amides is 1. The molecule has 6 nitrogen and oxygen atoms in total. The lowest BCUT2D eigenvalue weighted by atomic mass is 9.93. The van der Waals surface area contributed by atoms with Crippen molar-refractivity contribution in [1.82, 2.24) is 14.7 Å². The minimum Gasteiger partial charge on any atom is -0.461 e. The first-order valence-corrected chi connectivity index (χ1v) is 9.20. The summed E-state index contributed by atoms with van der Waals surface area (Å²) in [5, 5.41) is 4.54. The Hall–Kier alpha value is -1.85. The fourth-order valence-corrected chi connectivity index (χ4v) is 3.07. The molecule has 1 aliphatic rings. The predicted molar refractivity (Wildman–Crippen MR) is 96.2 cm³/mol. The monoisotopic (exact) mass is 349 g/mol. The van der Waals surface area contributed by atoms with E-state index in [4.69, 9.17) is 4.74 Å². The Morgan fingerprint density at radius 2 is 1.96 bits per heavy atom. The molecule has 6 heteroatoms. The Kier molecular flexibility index (Phi) is 5.91. The molecule has 140 valence electrons. The summed E-state index contributed by atoms with van der Waals surface area (Å²) in [5.41, 5.74) is 1.86. The van der Waals surface area contributed by atoms with E-state index in [0.717, 1.165) is 30.6 Å². The largest absolute Gasteiger partial charge is 0.461 e. The topological polar surface area (TPSA) is 64.4 Å². The van der Waals surface area contributed by atoms with Crippen LogP contribution in [-0.2, 0) is 29.0 Å². The van der Waals surface area contributed by atoms with Gasteiger partial charge in [-0.1, -0.05) is 34.6 Å². The van der Waals surface area contributed by atoms with E-state index < -0.39 is 11.4 Å². The summed E-state index contributed by atoms with van der Waals surface area (Å²) in [6.45, 7) is 14.1. The maximum absolute atomic E-state index is 12.6. The molecule has 1 amide bonds. The van der Waals surface area contributed by atoms with Crippen molar-refractivity contribution >= 4 is 11.9 Å². The van der Waals surface area contributed by atoms with E-state index in [-0.39, 0.29) is 5.91 Å². The molecular formula is C19H31N3O3. The van der Waals surface area contributed by atoms with Gasteiger partial charge in [-0.25, -0.2) is 4.79 Å². The van der Waals surface area contributed by atoms with Crippen LogP contribution in [0.25, 0.3) is 0 Å². The van der Waals surface area contributed by atoms with Crippen molar-refractivity contribution in [3.8, 4) is 0 Å². The van der Waals surface area contributed by atoms with Crippen molar-refractivity contribution in [3.05, 3.63) is 17.0 Å². The number of aromatic nitrogens is 2. The second-order valence-corrected chi connectivity index (χ2v) is 8.13. The van der Waals surface area contributed by atoms with Gasteiger partial charge in [0, 0.05) is 42.7 Å². The molecule has 0 atom stereocenters. The van der Waals surface area contributed by atoms with Crippen molar-refractivity contribution in [2.45, 2.75) is 67.5 Å². The van der Waals surface area contributed by atoms with Crippen LogP contribution in [0.3, 0.4) is 0 Å². The van der Waals surface area contributed by atoms with E-state index in [1.807, 2.05) is 30.4 Å². The van der Waals surface area contributed by atoms with Gasteiger partial charge in [-0.2, -0.15) is 5.10 Å². The smallest absolute Gasteiger partial charge is 0.359 e. The Labute approximate surface area is 150 Å². The highest BCUT2D eigenvalue weighted by Gasteiger charge is 2.34. The maximum Gasteiger partial charge on any atom is 0.359 e. The average Bonchev–Trinajstić information content (AvgIpc) is 2.89. The van der Waals surface area contributed by atoms with E-state index >= 15 is 0 Å². The van der Waals surface area contributed by atoms with E-state index in [9.17, 15) is 9.59 Å². The van der Waals surface area contributed by atoms with Gasteiger partial charge in [0.1, 0.15) is 0 Å². The number of ether oxygens (including phenoxy) is 1. The Bertz CT molecular complexity index is 641. The first-order chi connectivity index (χ1) is 11.6. The van der Waals surface area contributed by atoms with Crippen LogP contribution in [0.1, 0.15) is 69.7 Å². The van der Waals surface area contributed by atoms with Crippen molar-refractivity contribution in [1.29, 1.82) is 0 Å². The number of carbonyl (C=O) groups is 2. The number of esters is 1. The molecule has 0 N–H and O–H groups in total. The van der Waals surface area contributed by atoms with Crippen LogP contribution in [0, 0.1) is 11.3 Å². The molecule has 1 aliphatic heterocycles. The van der Waals surface area contributed by atoms with Gasteiger partial charge in [0.2, 0.25) is 5.91 Å². The molecule has 0 radical (unpaired) electrons. The zero-order valence-electron chi connectivity index (χ0n) is 16.4. The molecule has 1 aromatic heterocycles. The van der Waals surface area contributed by atoms with Gasteiger partial charge in [0.05, 0.1) is 6.61 Å². The molecule has 2 heterocycles. The minimum atomic E-state index is -0.435. The van der Waals surface area contributed by atoms with Gasteiger partial charge in [-0.15, -0.1) is 0 Å². The van der Waals surface area contributed by atoms with E-state index in [0.29, 0.717) is 31.3 Å². The van der Waals surface area contributed by atoms with Gasteiger partial charge in [0.25, 0.3) is 0 Å². The number of aryl methyl sites for hydroxylation is 1. The zero-order valence-corrected chi connectivity index (χ0v) is 16.4. The normalized spacial score (nSPS) is 14.6. The van der Waals surface area contributed by atoms with Crippen LogP contribution in [0.5, 0.6) is 0 Å². The first kappa shape index (κ1) is 19.5. The summed E-state index contributed by atoms with van der Waals surface area (Å²) >= 11 is 0. The number of nitrogens with zero attached hydrogens (tertiary/aromatic N) is 3. The second kappa shape index (κ2) is 7.58. The molecule has 0 spiro atoms. The summed E-state index contributed by atoms with van der Waals surface area (Å²) in [7, 11) is 0. The van der Waals surface area contributed by atoms with Crippen LogP contribution >= 0.6 is 0 Å². The number of rotatable bonds is 5. The lowest BCUT2D eigenvalue weighted by Crippen LogP contribution is -2.42. The molecule has 0 bridgehead atoms. The molecule has 1 aromatic rings. The summed E-state index contributed by atoms with van der Waals surface area (Å²) in [4.78, 5) is 26.8. The van der Waals surface area contributed by atoms with Crippen molar-refractivity contribution in [2.24, 2.45) is 11.3 Å². The molecular weight excluding hydrogens is 318 g/mol. The quantitative estimate of drug-likeness (QED) is 0.767. The second-order valence-electron chi connectivity index (χ2n) is 8.13. The Morgan fingerprint density at radius 1 is 1.28 bits per heavy atom. The average molecular weight is 349 g/mol. The third kappa shape index (κ3) is 4.41. The fourth-order valence-electron chi connectivity index (χ4n) is 3.07. The summed E-state index contributed by atoms with van der Waals surface area (Å²) in [6, 6.07) is 0. The maximum atomic E-state index is 12.6. The lowest BCUT2D eigenvalue weighted by Gasteiger charge is -2.32. The Morgan fingerprint density at radius 3 is 2.52 bits per heavy atom. The highest BCUT2D eigenvalue weighted by Crippen LogP contribution is 2.27. The molecule has 0 aliphatic carbocycles. The summed E-state index contributed by atoms with van der Waals surface area (Å²) in [6.07, 6.45) is 1.72. The van der Waals surface area contributed by atoms with Crippen LogP contribution in [0.2, 0.25) is 0 Å². The van der Waals surface area contributed by atoms with Crippen LogP contribution < -0.4 is 0 Å². The van der Waals surface area contributed by atoms with Crippen LogP contribution in [-0.4, -0.2) is 39.7 Å². The number of fused-ring (bicyclic) bond motifs is 1. The van der Waals surface area contributed by atoms with Gasteiger partial charge < -0.3 is 9.64 Å². The van der Waals surface area contributed by atoms with Gasteiger partial charge in [0.15, 0.2) is 5.69 Å². The highest BCUT2D eigenvalue weighted by atomic mass is 16.5. The van der Waals surface area contributed by atoms with Crippen LogP contribution in [0.4, 0.5) is 0 Å². The zero-order chi connectivity index (χ0) is 18.8. The first-order valence-electron chi connectivity index (χ1n) is 9.20. The molecule has 0 fully saturated rings. The number of carbonyl (C=O) groups excluding carboxylic acids is 2. The number of hydrogen-bond acceptors (Lipinski definition) is 4. The SMILES string of the molecule is CCOC(=O)c1nn(CCC(C)C)c2c1CN(C(=O)C(C)(C)C)CC2. The molecule has 0 saturated heterocycles. The minimum absolute atomic E-state index is 0.0999. The number of hydrogen-bond donors (Lipinski definition) is 0. The standard InChI is InChI=1S/C19H31N3O3/c1-7-25-17(23)16-14-12-21(18(24)19(4,5)6)10-9-15(14)22(20-16)11-8-13(2)3/h13H,7-12H2,1-6H3. The highest BCUT2D eigenvalue weighted by molar-refractivity contribution is 5.90. The third-order valence-electron chi connectivity index (χ3n) is 4.45. The van der Waals surface area contributed by atoms with E-state index in [2.05, 4.69) is 18.9 Å². The molecule has 2 rings (SSSR count). The lowest BCUT2D eigenvalue weighted by molar-refractivity contribution is -0.140. The van der Waals surface area contributed by atoms with Gasteiger partial charge in [-0.3, -0.25) is 9.48 Å². The molecule has 0 unspecified atom stereocenters. The molecule has 0 saturated carbocycles. The predicted octanol–water partition coefficient (Wildman–Crippen LogP) is 3.04.